The minimum absolute atomic E-state index is 0.400. The van der Waals surface area contributed by atoms with E-state index in [1.807, 2.05) is 0 Å². The molecule has 0 aliphatic heterocycles. The summed E-state index contributed by atoms with van der Waals surface area (Å²) in [6, 6.07) is 0.400. The van der Waals surface area contributed by atoms with Crippen molar-refractivity contribution in [3.63, 3.8) is 0 Å². The molecule has 4 rings (SSSR count). The van der Waals surface area contributed by atoms with Crippen molar-refractivity contribution < 1.29 is 0 Å². The van der Waals surface area contributed by atoms with E-state index in [4.69, 9.17) is 5.73 Å². The summed E-state index contributed by atoms with van der Waals surface area (Å²) < 4.78 is 0. The molecule has 0 radical (unpaired) electrons. The minimum Gasteiger partial charge on any atom is -0.327 e. The van der Waals surface area contributed by atoms with E-state index in [1.165, 1.54) is 5.75 Å². The Morgan fingerprint density at radius 1 is 1.00 bits per heavy atom. The maximum Gasteiger partial charge on any atom is 0.0153 e. The van der Waals surface area contributed by atoms with E-state index in [0.717, 1.165) is 28.9 Å². The zero-order valence-corrected chi connectivity index (χ0v) is 12.1. The number of hydrogen-bond acceptors (Lipinski definition) is 2. The molecule has 4 saturated carbocycles. The largest absolute Gasteiger partial charge is 0.327 e. The molecule has 0 amide bonds. The lowest BCUT2D eigenvalue weighted by atomic mass is 9.56. The molecular formula is C15H27NS. The number of rotatable bonds is 4. The molecule has 0 aromatic rings. The van der Waals surface area contributed by atoms with Gasteiger partial charge in [0.05, 0.1) is 0 Å². The van der Waals surface area contributed by atoms with Crippen LogP contribution in [0.15, 0.2) is 0 Å². The predicted molar refractivity (Wildman–Crippen MR) is 76.1 cm³/mol. The van der Waals surface area contributed by atoms with Crippen molar-refractivity contribution in [1.82, 2.24) is 0 Å². The van der Waals surface area contributed by atoms with E-state index in [0.29, 0.717) is 12.0 Å². The summed E-state index contributed by atoms with van der Waals surface area (Å²) in [5.41, 5.74) is 6.20. The molecule has 0 saturated heterocycles. The van der Waals surface area contributed by atoms with E-state index >= 15 is 0 Å². The fourth-order valence-corrected chi connectivity index (χ4v) is 6.38. The Kier molecular flexibility index (Phi) is 3.47. The molecule has 4 aliphatic rings. The third-order valence-corrected chi connectivity index (χ3v) is 7.21. The Morgan fingerprint density at radius 2 is 1.53 bits per heavy atom. The Labute approximate surface area is 110 Å². The third-order valence-electron chi connectivity index (χ3n) is 5.48. The van der Waals surface area contributed by atoms with Gasteiger partial charge in [-0.15, -0.1) is 0 Å². The highest BCUT2D eigenvalue weighted by atomic mass is 32.2. The first kappa shape index (κ1) is 12.3. The third kappa shape index (κ3) is 2.40. The van der Waals surface area contributed by atoms with Crippen LogP contribution >= 0.6 is 11.8 Å². The second kappa shape index (κ2) is 4.77. The average molecular weight is 253 g/mol. The molecule has 1 unspecified atom stereocenters. The van der Waals surface area contributed by atoms with E-state index in [1.54, 1.807) is 32.1 Å². The maximum absolute atomic E-state index is 6.20. The molecule has 4 fully saturated rings. The lowest BCUT2D eigenvalue weighted by Crippen LogP contribution is -2.47. The van der Waals surface area contributed by atoms with E-state index in [-0.39, 0.29) is 0 Å². The smallest absolute Gasteiger partial charge is 0.0153 e. The minimum atomic E-state index is 0.400. The van der Waals surface area contributed by atoms with Crippen molar-refractivity contribution >= 4 is 11.8 Å². The van der Waals surface area contributed by atoms with Crippen LogP contribution in [0, 0.1) is 29.6 Å². The van der Waals surface area contributed by atoms with Crippen LogP contribution in [-0.2, 0) is 0 Å². The first-order valence-electron chi connectivity index (χ1n) is 7.50. The first-order valence-corrected chi connectivity index (χ1v) is 8.55. The average Bonchev–Trinajstić information content (AvgIpc) is 2.26. The van der Waals surface area contributed by atoms with Crippen LogP contribution < -0.4 is 5.73 Å². The molecule has 2 heteroatoms. The molecule has 0 aromatic heterocycles. The van der Waals surface area contributed by atoms with Crippen LogP contribution in [0.3, 0.4) is 0 Å². The monoisotopic (exact) mass is 253 g/mol. The summed E-state index contributed by atoms with van der Waals surface area (Å²) in [6.45, 7) is 4.50. The predicted octanol–water partition coefficient (Wildman–Crippen LogP) is 3.53. The Morgan fingerprint density at radius 3 is 2.00 bits per heavy atom. The van der Waals surface area contributed by atoms with E-state index in [9.17, 15) is 0 Å². The van der Waals surface area contributed by atoms with Gasteiger partial charge in [-0.2, -0.15) is 11.8 Å². The summed E-state index contributed by atoms with van der Waals surface area (Å²) in [6.07, 6.45) is 7.74. The SMILES string of the molecule is CC(C)C(N)CSC1C2CC3CC(C2)CC1C3. The Bertz CT molecular complexity index is 248. The van der Waals surface area contributed by atoms with Crippen molar-refractivity contribution in [2.45, 2.75) is 57.2 Å². The standard InChI is InChI=1S/C15H27NS/c1-9(2)14(16)8-17-15-12-4-10-3-11(6-12)7-13(15)5-10/h9-15H,3-8,16H2,1-2H3. The van der Waals surface area contributed by atoms with Gasteiger partial charge in [0.2, 0.25) is 0 Å². The van der Waals surface area contributed by atoms with Crippen LogP contribution in [0.2, 0.25) is 0 Å². The van der Waals surface area contributed by atoms with E-state index in [2.05, 4.69) is 25.6 Å². The molecule has 0 heterocycles. The maximum atomic E-state index is 6.20. The number of nitrogens with two attached hydrogens (primary N) is 1. The lowest BCUT2D eigenvalue weighted by Gasteiger charge is -2.54. The highest BCUT2D eigenvalue weighted by Gasteiger charge is 2.48. The van der Waals surface area contributed by atoms with Crippen LogP contribution in [0.1, 0.15) is 46.0 Å². The molecule has 0 aromatic carbocycles. The van der Waals surface area contributed by atoms with Gasteiger partial charge in [0, 0.05) is 17.0 Å². The molecule has 1 atom stereocenters. The molecule has 98 valence electrons. The second-order valence-electron chi connectivity index (χ2n) is 7.14. The van der Waals surface area contributed by atoms with Gasteiger partial charge in [0.25, 0.3) is 0 Å². The molecule has 1 nitrogen and oxygen atoms in total. The molecule has 4 aliphatic carbocycles. The van der Waals surface area contributed by atoms with Gasteiger partial charge in [0.15, 0.2) is 0 Å². The highest BCUT2D eigenvalue weighted by Crippen LogP contribution is 2.57. The van der Waals surface area contributed by atoms with Gasteiger partial charge in [-0.05, 0) is 61.7 Å². The molecular weight excluding hydrogens is 226 g/mol. The quantitative estimate of drug-likeness (QED) is 0.829. The summed E-state index contributed by atoms with van der Waals surface area (Å²) in [4.78, 5) is 0. The summed E-state index contributed by atoms with van der Waals surface area (Å²) in [5.74, 6) is 6.14. The van der Waals surface area contributed by atoms with Gasteiger partial charge in [0.1, 0.15) is 0 Å². The van der Waals surface area contributed by atoms with Gasteiger partial charge in [-0.3, -0.25) is 0 Å². The van der Waals surface area contributed by atoms with Gasteiger partial charge >= 0.3 is 0 Å². The van der Waals surface area contributed by atoms with Crippen molar-refractivity contribution in [2.24, 2.45) is 35.3 Å². The van der Waals surface area contributed by atoms with Crippen LogP contribution in [-0.4, -0.2) is 17.0 Å². The summed E-state index contributed by atoms with van der Waals surface area (Å²) >= 11 is 2.22. The van der Waals surface area contributed by atoms with Crippen molar-refractivity contribution in [3.05, 3.63) is 0 Å². The van der Waals surface area contributed by atoms with Crippen molar-refractivity contribution in [1.29, 1.82) is 0 Å². The second-order valence-corrected chi connectivity index (χ2v) is 8.35. The normalized spacial score (nSPS) is 45.5. The molecule has 2 N–H and O–H groups in total. The summed E-state index contributed by atoms with van der Waals surface area (Å²) in [5, 5.41) is 0.965. The first-order chi connectivity index (χ1) is 8.13. The van der Waals surface area contributed by atoms with Gasteiger partial charge < -0.3 is 5.73 Å². The highest BCUT2D eigenvalue weighted by molar-refractivity contribution is 8.00. The Hall–Kier alpha value is 0.310. The molecule has 0 spiro atoms. The van der Waals surface area contributed by atoms with E-state index < -0.39 is 0 Å². The van der Waals surface area contributed by atoms with Crippen LogP contribution in [0.25, 0.3) is 0 Å². The Balaban J connectivity index is 1.57. The fourth-order valence-electron chi connectivity index (χ4n) is 4.56. The van der Waals surface area contributed by atoms with Gasteiger partial charge in [-0.1, -0.05) is 13.8 Å². The molecule has 17 heavy (non-hydrogen) atoms. The van der Waals surface area contributed by atoms with Crippen molar-refractivity contribution in [3.8, 4) is 0 Å². The van der Waals surface area contributed by atoms with Crippen molar-refractivity contribution in [2.75, 3.05) is 5.75 Å². The summed E-state index contributed by atoms with van der Waals surface area (Å²) in [7, 11) is 0. The fraction of sp³-hybridized carbons (Fsp3) is 1.00. The van der Waals surface area contributed by atoms with Crippen LogP contribution in [0.4, 0.5) is 0 Å². The van der Waals surface area contributed by atoms with Gasteiger partial charge in [-0.25, -0.2) is 0 Å². The van der Waals surface area contributed by atoms with Crippen LogP contribution in [0.5, 0.6) is 0 Å². The molecule has 4 bridgehead atoms. The zero-order valence-electron chi connectivity index (χ0n) is 11.3. The number of thioether (sulfide) groups is 1. The number of hydrogen-bond donors (Lipinski definition) is 1. The zero-order chi connectivity index (χ0) is 12.0. The lowest BCUT2D eigenvalue weighted by molar-refractivity contribution is 0.0267. The topological polar surface area (TPSA) is 26.0 Å².